The first-order valence-electron chi connectivity index (χ1n) is 9.95. The molecule has 1 nitrogen and oxygen atoms in total. The summed E-state index contributed by atoms with van der Waals surface area (Å²) in [6.45, 7) is 19.4. The number of aromatic nitrogens is 1. The van der Waals surface area contributed by atoms with E-state index in [-0.39, 0.29) is 0 Å². The van der Waals surface area contributed by atoms with E-state index in [0.717, 1.165) is 16.4 Å². The normalized spacial score (nSPS) is 12.8. The van der Waals surface area contributed by atoms with E-state index in [2.05, 4.69) is 102 Å². The molecule has 0 spiro atoms. The van der Waals surface area contributed by atoms with Crippen LogP contribution < -0.4 is 0 Å². The molecule has 0 aliphatic heterocycles. The van der Waals surface area contributed by atoms with Crippen molar-refractivity contribution >= 4 is 27.1 Å². The van der Waals surface area contributed by atoms with E-state index in [1.54, 1.807) is 0 Å². The van der Waals surface area contributed by atoms with Gasteiger partial charge in [-0.15, -0.1) is 0 Å². The molecule has 0 radical (unpaired) electrons. The lowest BCUT2D eigenvalue weighted by Gasteiger charge is -2.39. The van der Waals surface area contributed by atoms with Crippen LogP contribution in [0.3, 0.4) is 0 Å². The zero-order chi connectivity index (χ0) is 20.0. The van der Waals surface area contributed by atoms with Gasteiger partial charge in [0.05, 0.1) is 11.2 Å². The van der Waals surface area contributed by atoms with Crippen LogP contribution in [0.25, 0.3) is 22.2 Å². The van der Waals surface area contributed by atoms with Gasteiger partial charge in [0.1, 0.15) is 0 Å². The molecule has 3 aromatic rings. The predicted octanol–water partition coefficient (Wildman–Crippen LogP) is 7.36. The van der Waals surface area contributed by atoms with Gasteiger partial charge in [0.15, 0.2) is 0 Å². The van der Waals surface area contributed by atoms with Crippen LogP contribution in [0.2, 0.25) is 39.3 Å². The van der Waals surface area contributed by atoms with Crippen molar-refractivity contribution < 1.29 is 0 Å². The van der Waals surface area contributed by atoms with E-state index in [1.807, 2.05) is 0 Å². The summed E-state index contributed by atoms with van der Waals surface area (Å²) in [4.78, 5) is 5.07. The second-order valence-corrected chi connectivity index (χ2v) is 21.3. The molecule has 1 aromatic heterocycles. The molecule has 3 heteroatoms. The molecule has 0 N–H and O–H groups in total. The van der Waals surface area contributed by atoms with Crippen LogP contribution in [-0.2, 0) is 0 Å². The Kier molecular flexibility index (Phi) is 5.21. The fraction of sp³-hybridized carbons (Fsp3) is 0.375. The van der Waals surface area contributed by atoms with Gasteiger partial charge in [-0.05, 0) is 48.8 Å². The van der Waals surface area contributed by atoms with Crippen molar-refractivity contribution in [3.63, 3.8) is 0 Å². The molecule has 0 amide bonds. The maximum absolute atomic E-state index is 5.07. The maximum atomic E-state index is 5.07. The standard InChI is InChI=1S/C24H33NSi2/c1-17-14-18(2)16-19(15-17)22-13-12-20-21(10-9-11-23(20)25-22)24(26(3,4)5)27(6,7)8/h9-16,24H,1-8H3. The van der Waals surface area contributed by atoms with Crippen LogP contribution in [0.15, 0.2) is 48.5 Å². The van der Waals surface area contributed by atoms with Gasteiger partial charge in [0, 0.05) is 27.1 Å². The number of aryl methyl sites for hydroxylation is 2. The Morgan fingerprint density at radius 1 is 0.741 bits per heavy atom. The number of rotatable bonds is 4. The number of pyridine rings is 1. The summed E-state index contributed by atoms with van der Waals surface area (Å²) in [5.41, 5.74) is 7.53. The van der Waals surface area contributed by atoms with Crippen LogP contribution in [-0.4, -0.2) is 21.1 Å². The van der Waals surface area contributed by atoms with E-state index in [0.29, 0.717) is 0 Å². The van der Waals surface area contributed by atoms with Crippen LogP contribution in [0.1, 0.15) is 21.9 Å². The Balaban J connectivity index is 2.19. The van der Waals surface area contributed by atoms with Crippen molar-refractivity contribution in [2.24, 2.45) is 0 Å². The highest BCUT2D eigenvalue weighted by Crippen LogP contribution is 2.39. The molecule has 0 unspecified atom stereocenters. The first-order valence-corrected chi connectivity index (χ1v) is 17.1. The average Bonchev–Trinajstić information content (AvgIpc) is 2.51. The molecule has 3 rings (SSSR count). The van der Waals surface area contributed by atoms with Gasteiger partial charge < -0.3 is 0 Å². The van der Waals surface area contributed by atoms with Gasteiger partial charge in [0.2, 0.25) is 0 Å². The number of fused-ring (bicyclic) bond motifs is 1. The fourth-order valence-corrected chi connectivity index (χ4v) is 17.7. The molecule has 0 saturated heterocycles. The summed E-state index contributed by atoms with van der Waals surface area (Å²) in [5.74, 6) is 0. The Labute approximate surface area is 166 Å². The number of hydrogen-bond donors (Lipinski definition) is 0. The van der Waals surface area contributed by atoms with Crippen molar-refractivity contribution in [2.75, 3.05) is 0 Å². The summed E-state index contributed by atoms with van der Waals surface area (Å²) in [6, 6.07) is 18.0. The van der Waals surface area contributed by atoms with Gasteiger partial charge in [0.25, 0.3) is 0 Å². The molecule has 27 heavy (non-hydrogen) atoms. The van der Waals surface area contributed by atoms with Gasteiger partial charge in [-0.1, -0.05) is 74.7 Å². The number of hydrogen-bond acceptors (Lipinski definition) is 1. The fourth-order valence-electron chi connectivity index (χ4n) is 4.95. The second kappa shape index (κ2) is 7.03. The summed E-state index contributed by atoms with van der Waals surface area (Å²) in [5, 5.41) is 2.07. The molecule has 0 bridgehead atoms. The van der Waals surface area contributed by atoms with Crippen LogP contribution >= 0.6 is 0 Å². The highest BCUT2D eigenvalue weighted by atomic mass is 28.4. The molecular weight excluding hydrogens is 358 g/mol. The number of nitrogens with zero attached hydrogens (tertiary/aromatic N) is 1. The van der Waals surface area contributed by atoms with Crippen molar-refractivity contribution in [2.45, 2.75) is 58.3 Å². The zero-order valence-electron chi connectivity index (χ0n) is 18.1. The third kappa shape index (κ3) is 4.25. The quantitative estimate of drug-likeness (QED) is 0.423. The van der Waals surface area contributed by atoms with Gasteiger partial charge in [-0.2, -0.15) is 0 Å². The van der Waals surface area contributed by atoms with E-state index in [4.69, 9.17) is 4.98 Å². The lowest BCUT2D eigenvalue weighted by molar-refractivity contribution is 1.19. The average molecular weight is 392 g/mol. The van der Waals surface area contributed by atoms with E-state index in [9.17, 15) is 0 Å². The minimum atomic E-state index is -1.34. The first kappa shape index (κ1) is 20.0. The van der Waals surface area contributed by atoms with Crippen molar-refractivity contribution in [3.05, 3.63) is 65.2 Å². The van der Waals surface area contributed by atoms with Crippen molar-refractivity contribution in [1.82, 2.24) is 4.98 Å². The van der Waals surface area contributed by atoms with E-state index < -0.39 is 16.1 Å². The van der Waals surface area contributed by atoms with Crippen molar-refractivity contribution in [1.29, 1.82) is 0 Å². The molecule has 0 fully saturated rings. The predicted molar refractivity (Wildman–Crippen MR) is 126 cm³/mol. The van der Waals surface area contributed by atoms with Gasteiger partial charge in [-0.25, -0.2) is 4.98 Å². The minimum Gasteiger partial charge on any atom is -0.248 e. The third-order valence-electron chi connectivity index (χ3n) is 5.33. The molecule has 1 heterocycles. The molecule has 0 aliphatic rings. The van der Waals surface area contributed by atoms with Crippen molar-refractivity contribution in [3.8, 4) is 11.3 Å². The Bertz CT molecular complexity index is 944. The zero-order valence-corrected chi connectivity index (χ0v) is 20.1. The largest absolute Gasteiger partial charge is 0.248 e. The molecular formula is C24H33NSi2. The summed E-state index contributed by atoms with van der Waals surface area (Å²) < 4.78 is 0. The summed E-state index contributed by atoms with van der Waals surface area (Å²) in [7, 11) is -2.68. The Hall–Kier alpha value is -1.72. The SMILES string of the molecule is Cc1cc(C)cc(-c2ccc3c(C([Si](C)(C)C)[Si](C)(C)C)cccc3n2)c1. The summed E-state index contributed by atoms with van der Waals surface area (Å²) >= 11 is 0. The van der Waals surface area contributed by atoms with Crippen LogP contribution in [0.4, 0.5) is 0 Å². The first-order chi connectivity index (χ1) is 12.5. The van der Waals surface area contributed by atoms with Gasteiger partial charge >= 0.3 is 0 Å². The lowest BCUT2D eigenvalue weighted by Crippen LogP contribution is -2.46. The monoisotopic (exact) mass is 391 g/mol. The van der Waals surface area contributed by atoms with Crippen LogP contribution in [0, 0.1) is 13.8 Å². The Morgan fingerprint density at radius 3 is 1.89 bits per heavy atom. The third-order valence-corrected chi connectivity index (χ3v) is 14.6. The van der Waals surface area contributed by atoms with Crippen LogP contribution in [0.5, 0.6) is 0 Å². The summed E-state index contributed by atoms with van der Waals surface area (Å²) in [6.07, 6.45) is 0. The molecule has 2 aromatic carbocycles. The minimum absolute atomic E-state index is 0.725. The highest BCUT2D eigenvalue weighted by molar-refractivity contribution is 6.96. The molecule has 0 saturated carbocycles. The topological polar surface area (TPSA) is 12.9 Å². The van der Waals surface area contributed by atoms with Gasteiger partial charge in [-0.3, -0.25) is 0 Å². The molecule has 0 atom stereocenters. The van der Waals surface area contributed by atoms with E-state index >= 15 is 0 Å². The highest BCUT2D eigenvalue weighted by Gasteiger charge is 2.39. The molecule has 142 valence electrons. The lowest BCUT2D eigenvalue weighted by atomic mass is 10.0. The smallest absolute Gasteiger partial charge is 0.0712 e. The number of benzene rings is 2. The second-order valence-electron chi connectivity index (χ2n) is 10.2. The maximum Gasteiger partial charge on any atom is 0.0712 e. The van der Waals surface area contributed by atoms with E-state index in [1.165, 1.54) is 27.6 Å². The Morgan fingerprint density at radius 2 is 1.33 bits per heavy atom. The molecule has 0 aliphatic carbocycles.